The maximum absolute atomic E-state index is 9.95. The van der Waals surface area contributed by atoms with Crippen LogP contribution in [0.3, 0.4) is 0 Å². The highest BCUT2D eigenvalue weighted by atomic mass is 16.7. The van der Waals surface area contributed by atoms with Gasteiger partial charge < -0.3 is 29.8 Å². The topological polar surface area (TPSA) is 83.2 Å². The van der Waals surface area contributed by atoms with Gasteiger partial charge in [-0.15, -0.1) is 0 Å². The molecule has 0 spiro atoms. The van der Waals surface area contributed by atoms with E-state index in [1.165, 1.54) is 7.11 Å². The van der Waals surface area contributed by atoms with Crippen molar-refractivity contribution in [2.45, 2.75) is 37.6 Å². The summed E-state index contributed by atoms with van der Waals surface area (Å²) in [6.45, 7) is 2.62. The Balaban J connectivity index is 2.69. The first-order valence-corrected chi connectivity index (χ1v) is 5.38. The molecule has 96 valence electrons. The highest BCUT2D eigenvalue weighted by molar-refractivity contribution is 4.92. The summed E-state index contributed by atoms with van der Waals surface area (Å²) in [5, 5.41) is 9.95. The lowest BCUT2D eigenvalue weighted by Crippen LogP contribution is -2.63. The summed E-state index contributed by atoms with van der Waals surface area (Å²) in [6, 6.07) is -0.506. The number of nitrogens with two attached hydrogens (primary N) is 1. The monoisotopic (exact) mass is 235 g/mol. The minimum atomic E-state index is -0.809. The second-order valence-corrected chi connectivity index (χ2v) is 3.72. The van der Waals surface area contributed by atoms with Gasteiger partial charge in [0.1, 0.15) is 18.3 Å². The highest BCUT2D eigenvalue weighted by Crippen LogP contribution is 2.22. The zero-order chi connectivity index (χ0) is 12.1. The molecule has 0 aromatic heterocycles. The quantitative estimate of drug-likeness (QED) is 0.642. The third-order valence-electron chi connectivity index (χ3n) is 2.65. The fraction of sp³-hybridized carbons (Fsp3) is 1.00. The minimum Gasteiger partial charge on any atom is -0.388 e. The zero-order valence-corrected chi connectivity index (χ0v) is 9.96. The maximum Gasteiger partial charge on any atom is 0.175 e. The number of hydrogen-bond acceptors (Lipinski definition) is 6. The minimum absolute atomic E-state index is 0.275. The smallest absolute Gasteiger partial charge is 0.175 e. The van der Waals surface area contributed by atoms with Crippen LogP contribution in [-0.4, -0.2) is 63.2 Å². The molecule has 0 aliphatic carbocycles. The van der Waals surface area contributed by atoms with E-state index in [4.69, 9.17) is 24.7 Å². The molecule has 1 saturated heterocycles. The molecule has 16 heavy (non-hydrogen) atoms. The number of ether oxygens (including phenoxy) is 4. The van der Waals surface area contributed by atoms with Crippen LogP contribution in [0.25, 0.3) is 0 Å². The van der Waals surface area contributed by atoms with Crippen LogP contribution in [-0.2, 0) is 18.9 Å². The van der Waals surface area contributed by atoms with Crippen LogP contribution in [0.5, 0.6) is 0 Å². The summed E-state index contributed by atoms with van der Waals surface area (Å²) < 4.78 is 21.0. The number of rotatable bonds is 5. The van der Waals surface area contributed by atoms with Gasteiger partial charge in [-0.3, -0.25) is 0 Å². The third kappa shape index (κ3) is 2.91. The lowest BCUT2D eigenvalue weighted by atomic mass is 9.97. The van der Waals surface area contributed by atoms with Crippen molar-refractivity contribution >= 4 is 0 Å². The fourth-order valence-corrected chi connectivity index (χ4v) is 1.85. The standard InChI is InChI=1S/C10H21NO5/c1-4-15-10-7(11)9(14-3)8(12)6(16-10)5-13-2/h6-10,12H,4-5,11H2,1-3H3. The van der Waals surface area contributed by atoms with Crippen LogP contribution in [0.1, 0.15) is 6.92 Å². The van der Waals surface area contributed by atoms with Gasteiger partial charge >= 0.3 is 0 Å². The van der Waals surface area contributed by atoms with E-state index in [0.29, 0.717) is 6.61 Å². The van der Waals surface area contributed by atoms with Crippen molar-refractivity contribution in [2.24, 2.45) is 5.73 Å². The van der Waals surface area contributed by atoms with E-state index in [1.807, 2.05) is 6.92 Å². The van der Waals surface area contributed by atoms with E-state index >= 15 is 0 Å². The molecule has 0 amide bonds. The van der Waals surface area contributed by atoms with Gasteiger partial charge in [-0.05, 0) is 6.92 Å². The van der Waals surface area contributed by atoms with Gasteiger partial charge in [0.15, 0.2) is 6.29 Å². The summed E-state index contributed by atoms with van der Waals surface area (Å²) in [5.74, 6) is 0. The van der Waals surface area contributed by atoms with Gasteiger partial charge in [0.25, 0.3) is 0 Å². The predicted octanol–water partition coefficient (Wildman–Crippen LogP) is -0.903. The molecular formula is C10H21NO5. The van der Waals surface area contributed by atoms with Crippen molar-refractivity contribution in [3.63, 3.8) is 0 Å². The number of aliphatic hydroxyl groups excluding tert-OH is 1. The van der Waals surface area contributed by atoms with Crippen LogP contribution in [0.2, 0.25) is 0 Å². The summed E-state index contributed by atoms with van der Waals surface area (Å²) in [7, 11) is 3.05. The van der Waals surface area contributed by atoms with Crippen molar-refractivity contribution in [1.82, 2.24) is 0 Å². The molecule has 0 aromatic rings. The molecule has 0 bridgehead atoms. The van der Waals surface area contributed by atoms with Crippen molar-refractivity contribution in [1.29, 1.82) is 0 Å². The van der Waals surface area contributed by atoms with Crippen molar-refractivity contribution < 1.29 is 24.1 Å². The summed E-state index contributed by atoms with van der Waals surface area (Å²) in [6.07, 6.45) is -2.37. The van der Waals surface area contributed by atoms with Gasteiger partial charge in [0, 0.05) is 20.8 Å². The second-order valence-electron chi connectivity index (χ2n) is 3.72. The Morgan fingerprint density at radius 1 is 1.38 bits per heavy atom. The van der Waals surface area contributed by atoms with Crippen LogP contribution in [0.15, 0.2) is 0 Å². The number of hydrogen-bond donors (Lipinski definition) is 2. The Morgan fingerprint density at radius 2 is 2.06 bits per heavy atom. The summed E-state index contributed by atoms with van der Waals surface area (Å²) >= 11 is 0. The van der Waals surface area contributed by atoms with E-state index < -0.39 is 30.6 Å². The first-order valence-electron chi connectivity index (χ1n) is 5.38. The predicted molar refractivity (Wildman–Crippen MR) is 56.9 cm³/mol. The van der Waals surface area contributed by atoms with E-state index in [1.54, 1.807) is 7.11 Å². The Morgan fingerprint density at radius 3 is 2.56 bits per heavy atom. The zero-order valence-electron chi connectivity index (χ0n) is 9.96. The molecule has 5 atom stereocenters. The molecular weight excluding hydrogens is 214 g/mol. The Labute approximate surface area is 95.6 Å². The molecule has 1 heterocycles. The van der Waals surface area contributed by atoms with Gasteiger partial charge in [0.05, 0.1) is 12.6 Å². The highest BCUT2D eigenvalue weighted by Gasteiger charge is 2.44. The lowest BCUT2D eigenvalue weighted by Gasteiger charge is -2.42. The summed E-state index contributed by atoms with van der Waals surface area (Å²) in [4.78, 5) is 0. The largest absolute Gasteiger partial charge is 0.388 e. The first kappa shape index (κ1) is 13.8. The normalized spacial score (nSPS) is 39.9. The molecule has 0 radical (unpaired) electrons. The Hall–Kier alpha value is -0.240. The van der Waals surface area contributed by atoms with Gasteiger partial charge in [0.2, 0.25) is 0 Å². The van der Waals surface area contributed by atoms with Crippen LogP contribution < -0.4 is 5.73 Å². The van der Waals surface area contributed by atoms with Crippen LogP contribution in [0, 0.1) is 0 Å². The Kier molecular flexibility index (Phi) is 5.60. The summed E-state index contributed by atoms with van der Waals surface area (Å²) in [5.41, 5.74) is 5.89. The molecule has 1 aliphatic rings. The molecule has 0 aromatic carbocycles. The van der Waals surface area contributed by atoms with E-state index in [0.717, 1.165) is 0 Å². The number of aliphatic hydroxyl groups is 1. The van der Waals surface area contributed by atoms with E-state index in [-0.39, 0.29) is 6.61 Å². The first-order chi connectivity index (χ1) is 7.65. The average Bonchev–Trinajstić information content (AvgIpc) is 2.26. The van der Waals surface area contributed by atoms with Gasteiger partial charge in [-0.2, -0.15) is 0 Å². The van der Waals surface area contributed by atoms with Crippen LogP contribution >= 0.6 is 0 Å². The SMILES string of the molecule is CCOC1OC(COC)C(O)C(OC)C1N. The lowest BCUT2D eigenvalue weighted by molar-refractivity contribution is -0.269. The van der Waals surface area contributed by atoms with Crippen molar-refractivity contribution in [3.05, 3.63) is 0 Å². The number of methoxy groups -OCH3 is 2. The second kappa shape index (κ2) is 6.48. The fourth-order valence-electron chi connectivity index (χ4n) is 1.85. The molecule has 3 N–H and O–H groups in total. The molecule has 1 rings (SSSR count). The van der Waals surface area contributed by atoms with Crippen molar-refractivity contribution in [2.75, 3.05) is 27.4 Å². The van der Waals surface area contributed by atoms with Gasteiger partial charge in [-0.25, -0.2) is 0 Å². The maximum atomic E-state index is 9.95. The molecule has 1 aliphatic heterocycles. The molecule has 0 saturated carbocycles. The molecule has 5 unspecified atom stereocenters. The Bertz CT molecular complexity index is 186. The molecule has 1 fully saturated rings. The van der Waals surface area contributed by atoms with E-state index in [9.17, 15) is 5.11 Å². The third-order valence-corrected chi connectivity index (χ3v) is 2.65. The molecule has 6 heteroatoms. The van der Waals surface area contributed by atoms with E-state index in [2.05, 4.69) is 0 Å². The average molecular weight is 235 g/mol. The van der Waals surface area contributed by atoms with Gasteiger partial charge in [-0.1, -0.05) is 0 Å². The van der Waals surface area contributed by atoms with Crippen LogP contribution in [0.4, 0.5) is 0 Å². The molecule has 6 nitrogen and oxygen atoms in total. The van der Waals surface area contributed by atoms with Crippen molar-refractivity contribution in [3.8, 4) is 0 Å².